The van der Waals surface area contributed by atoms with E-state index in [2.05, 4.69) is 5.32 Å². The molecule has 4 rings (SSSR count). The van der Waals surface area contributed by atoms with Gasteiger partial charge < -0.3 is 19.9 Å². The first kappa shape index (κ1) is 27.6. The molecular weight excluding hydrogens is 509 g/mol. The number of rotatable bonds is 7. The molecule has 1 aliphatic rings. The highest BCUT2D eigenvalue weighted by molar-refractivity contribution is 6.30. The van der Waals surface area contributed by atoms with Gasteiger partial charge in [0.15, 0.2) is 0 Å². The molecule has 0 aliphatic heterocycles. The number of benzene rings is 3. The van der Waals surface area contributed by atoms with Crippen LogP contribution < -0.4 is 5.32 Å². The molecule has 200 valence electrons. The van der Waals surface area contributed by atoms with Crippen LogP contribution in [0, 0.1) is 11.2 Å². The Morgan fingerprint density at radius 3 is 2.39 bits per heavy atom. The second-order valence-corrected chi connectivity index (χ2v) is 11.0. The van der Waals surface area contributed by atoms with Crippen molar-refractivity contribution in [2.24, 2.45) is 5.41 Å². The third-order valence-corrected chi connectivity index (χ3v) is 6.93. The van der Waals surface area contributed by atoms with E-state index in [9.17, 15) is 19.1 Å². The first-order chi connectivity index (χ1) is 18.0. The van der Waals surface area contributed by atoms with Crippen molar-refractivity contribution in [1.82, 2.24) is 5.32 Å². The quantitative estimate of drug-likeness (QED) is 0.347. The first-order valence-corrected chi connectivity index (χ1v) is 12.8. The standard InChI is InChI=1S/C30H31ClFNO5/c1-29(2,3)38-28(36)33-25-16-30(18-34,27(35)37-17-19-7-5-4-6-8-19)26(25)21-11-9-20(10-12-21)23-15-22(31)13-14-24(23)32/h4-15,25-26,34H,16-18H2,1-3H3,(H,33,36)/t25-,26?,30-/m0/s1. The highest BCUT2D eigenvalue weighted by Gasteiger charge is 2.60. The number of esters is 1. The van der Waals surface area contributed by atoms with E-state index in [4.69, 9.17) is 21.1 Å². The van der Waals surface area contributed by atoms with Crippen molar-refractivity contribution in [3.63, 3.8) is 0 Å². The number of amides is 1. The fraction of sp³-hybridized carbons (Fsp3) is 0.333. The number of carbonyl (C=O) groups is 2. The SMILES string of the molecule is CC(C)(C)OC(=O)N[C@H]1C[C@@](CO)(C(=O)OCc2ccccc2)C1c1ccc(-c2cc(Cl)ccc2F)cc1. The molecule has 3 aromatic rings. The van der Waals surface area contributed by atoms with Crippen LogP contribution in [-0.2, 0) is 20.9 Å². The third kappa shape index (κ3) is 6.00. The van der Waals surface area contributed by atoms with Crippen LogP contribution in [0.1, 0.15) is 44.2 Å². The summed E-state index contributed by atoms with van der Waals surface area (Å²) in [5.41, 5.74) is 0.490. The second kappa shape index (κ2) is 11.1. The Morgan fingerprint density at radius 1 is 1.08 bits per heavy atom. The highest BCUT2D eigenvalue weighted by Crippen LogP contribution is 2.54. The molecule has 38 heavy (non-hydrogen) atoms. The van der Waals surface area contributed by atoms with Gasteiger partial charge in [-0.05, 0) is 62.1 Å². The molecule has 2 N–H and O–H groups in total. The van der Waals surface area contributed by atoms with Gasteiger partial charge in [-0.1, -0.05) is 66.2 Å². The van der Waals surface area contributed by atoms with Crippen LogP contribution in [0.5, 0.6) is 0 Å². The van der Waals surface area contributed by atoms with Crippen molar-refractivity contribution < 1.29 is 28.6 Å². The number of halogens is 2. The number of ether oxygens (including phenoxy) is 2. The van der Waals surface area contributed by atoms with E-state index in [0.29, 0.717) is 21.7 Å². The zero-order chi connectivity index (χ0) is 27.5. The normalized spacial score (nSPS) is 20.8. The van der Waals surface area contributed by atoms with Crippen LogP contribution in [0.25, 0.3) is 11.1 Å². The van der Waals surface area contributed by atoms with Crippen molar-refractivity contribution in [2.75, 3.05) is 6.61 Å². The van der Waals surface area contributed by atoms with Crippen molar-refractivity contribution in [3.8, 4) is 11.1 Å². The first-order valence-electron chi connectivity index (χ1n) is 12.4. The van der Waals surface area contributed by atoms with Crippen molar-refractivity contribution in [3.05, 3.63) is 94.8 Å². The number of hydrogen-bond donors (Lipinski definition) is 2. The summed E-state index contributed by atoms with van der Waals surface area (Å²) in [7, 11) is 0. The van der Waals surface area contributed by atoms with E-state index in [1.807, 2.05) is 30.3 Å². The van der Waals surface area contributed by atoms with Crippen molar-refractivity contribution in [2.45, 2.75) is 51.4 Å². The number of nitrogens with one attached hydrogen (secondary N) is 1. The van der Waals surface area contributed by atoms with Crippen LogP contribution in [0.4, 0.5) is 9.18 Å². The molecule has 0 radical (unpaired) electrons. The Balaban J connectivity index is 1.62. The largest absolute Gasteiger partial charge is 0.460 e. The molecule has 0 spiro atoms. The lowest BCUT2D eigenvalue weighted by Gasteiger charge is -2.52. The summed E-state index contributed by atoms with van der Waals surface area (Å²) < 4.78 is 25.5. The molecule has 1 unspecified atom stereocenters. The number of aliphatic hydroxyl groups is 1. The van der Waals surface area contributed by atoms with Gasteiger partial charge in [0.1, 0.15) is 23.4 Å². The maximum Gasteiger partial charge on any atom is 0.407 e. The Hall–Kier alpha value is -3.42. The molecule has 0 heterocycles. The zero-order valence-electron chi connectivity index (χ0n) is 21.5. The molecule has 3 aromatic carbocycles. The Labute approximate surface area is 226 Å². The summed E-state index contributed by atoms with van der Waals surface area (Å²) >= 11 is 6.06. The molecule has 1 aliphatic carbocycles. The number of carbonyl (C=O) groups excluding carboxylic acids is 2. The minimum atomic E-state index is -1.27. The maximum atomic E-state index is 14.4. The Kier molecular flexibility index (Phi) is 8.09. The van der Waals surface area contributed by atoms with Gasteiger partial charge >= 0.3 is 12.1 Å². The second-order valence-electron chi connectivity index (χ2n) is 10.6. The lowest BCUT2D eigenvalue weighted by atomic mass is 9.54. The van der Waals surface area contributed by atoms with Gasteiger partial charge in [-0.2, -0.15) is 0 Å². The van der Waals surface area contributed by atoms with Crippen molar-refractivity contribution in [1.29, 1.82) is 0 Å². The molecule has 0 saturated heterocycles. The molecule has 1 saturated carbocycles. The molecule has 6 nitrogen and oxygen atoms in total. The minimum Gasteiger partial charge on any atom is -0.460 e. The fourth-order valence-corrected chi connectivity index (χ4v) is 5.07. The monoisotopic (exact) mass is 539 g/mol. The number of aliphatic hydroxyl groups excluding tert-OH is 1. The molecule has 0 bridgehead atoms. The molecule has 3 atom stereocenters. The van der Waals surface area contributed by atoms with E-state index < -0.39 is 47.5 Å². The minimum absolute atomic E-state index is 0.0608. The van der Waals surface area contributed by atoms with Gasteiger partial charge in [-0.15, -0.1) is 0 Å². The molecule has 1 fully saturated rings. The van der Waals surface area contributed by atoms with Gasteiger partial charge in [-0.25, -0.2) is 9.18 Å². The van der Waals surface area contributed by atoms with Gasteiger partial charge in [0.05, 0.1) is 6.61 Å². The van der Waals surface area contributed by atoms with E-state index in [0.717, 1.165) is 5.56 Å². The number of hydrogen-bond acceptors (Lipinski definition) is 5. The van der Waals surface area contributed by atoms with Crippen LogP contribution in [0.15, 0.2) is 72.8 Å². The predicted molar refractivity (Wildman–Crippen MR) is 143 cm³/mol. The van der Waals surface area contributed by atoms with Gasteiger partial charge in [-0.3, -0.25) is 4.79 Å². The average molecular weight is 540 g/mol. The maximum absolute atomic E-state index is 14.4. The molecule has 0 aromatic heterocycles. The number of alkyl carbamates (subject to hydrolysis) is 1. The average Bonchev–Trinajstić information content (AvgIpc) is 2.86. The van der Waals surface area contributed by atoms with Gasteiger partial charge in [0.2, 0.25) is 0 Å². The smallest absolute Gasteiger partial charge is 0.407 e. The van der Waals surface area contributed by atoms with Crippen LogP contribution in [0.3, 0.4) is 0 Å². The fourth-order valence-electron chi connectivity index (χ4n) is 4.90. The van der Waals surface area contributed by atoms with Crippen LogP contribution in [0.2, 0.25) is 5.02 Å². The summed E-state index contributed by atoms with van der Waals surface area (Å²) in [4.78, 5) is 25.9. The Bertz CT molecular complexity index is 1290. The van der Waals surface area contributed by atoms with E-state index in [1.165, 1.54) is 12.1 Å². The summed E-state index contributed by atoms with van der Waals surface area (Å²) in [5.74, 6) is -1.56. The van der Waals surface area contributed by atoms with E-state index in [-0.39, 0.29) is 13.0 Å². The van der Waals surface area contributed by atoms with Gasteiger partial charge in [0, 0.05) is 22.5 Å². The summed E-state index contributed by atoms with van der Waals surface area (Å²) in [6, 6.07) is 20.1. The third-order valence-electron chi connectivity index (χ3n) is 6.69. The predicted octanol–water partition coefficient (Wildman–Crippen LogP) is 6.25. The lowest BCUT2D eigenvalue weighted by Crippen LogP contribution is -2.63. The molecule has 8 heteroatoms. The topological polar surface area (TPSA) is 84.9 Å². The summed E-state index contributed by atoms with van der Waals surface area (Å²) in [6.07, 6.45) is -0.444. The molecule has 1 amide bonds. The summed E-state index contributed by atoms with van der Waals surface area (Å²) in [6.45, 7) is 4.88. The summed E-state index contributed by atoms with van der Waals surface area (Å²) in [5, 5.41) is 13.7. The highest BCUT2D eigenvalue weighted by atomic mass is 35.5. The van der Waals surface area contributed by atoms with Crippen LogP contribution >= 0.6 is 11.6 Å². The van der Waals surface area contributed by atoms with Gasteiger partial charge in [0.25, 0.3) is 0 Å². The van der Waals surface area contributed by atoms with Crippen molar-refractivity contribution >= 4 is 23.7 Å². The molecular formula is C30H31ClFNO5. The lowest BCUT2D eigenvalue weighted by molar-refractivity contribution is -0.172. The van der Waals surface area contributed by atoms with E-state index in [1.54, 1.807) is 51.1 Å². The Morgan fingerprint density at radius 2 is 1.76 bits per heavy atom. The zero-order valence-corrected chi connectivity index (χ0v) is 22.3. The van der Waals surface area contributed by atoms with Crippen LogP contribution in [-0.4, -0.2) is 35.4 Å². The van der Waals surface area contributed by atoms with E-state index >= 15 is 0 Å².